The molecule has 1 amide bonds. The molecular formula is C9H16N2O3. The van der Waals surface area contributed by atoms with E-state index in [1.54, 1.807) is 6.92 Å². The molecule has 0 aliphatic heterocycles. The third kappa shape index (κ3) is 4.82. The van der Waals surface area contributed by atoms with Crippen molar-refractivity contribution in [3.8, 4) is 12.3 Å². The SMILES string of the molecule is C#CCNCC(=O)NC(C)(CO)CO. The Labute approximate surface area is 83.5 Å². The van der Waals surface area contributed by atoms with Crippen LogP contribution in [0.15, 0.2) is 0 Å². The maximum atomic E-state index is 11.2. The van der Waals surface area contributed by atoms with E-state index in [9.17, 15) is 4.79 Å². The minimum absolute atomic E-state index is 0.0692. The van der Waals surface area contributed by atoms with E-state index in [0.29, 0.717) is 6.54 Å². The highest BCUT2D eigenvalue weighted by molar-refractivity contribution is 5.78. The van der Waals surface area contributed by atoms with E-state index in [-0.39, 0.29) is 25.7 Å². The molecule has 0 bridgehead atoms. The second kappa shape index (κ2) is 6.38. The van der Waals surface area contributed by atoms with E-state index in [2.05, 4.69) is 16.6 Å². The first-order valence-corrected chi connectivity index (χ1v) is 4.25. The molecule has 14 heavy (non-hydrogen) atoms. The Morgan fingerprint density at radius 3 is 2.50 bits per heavy atom. The monoisotopic (exact) mass is 200 g/mol. The number of hydrogen-bond donors (Lipinski definition) is 4. The molecule has 0 fully saturated rings. The molecule has 0 aromatic carbocycles. The molecule has 0 saturated heterocycles. The van der Waals surface area contributed by atoms with Gasteiger partial charge in [-0.15, -0.1) is 6.42 Å². The first kappa shape index (κ1) is 12.9. The summed E-state index contributed by atoms with van der Waals surface area (Å²) >= 11 is 0. The Bertz CT molecular complexity index is 219. The molecule has 5 nitrogen and oxygen atoms in total. The molecule has 0 aromatic heterocycles. The number of terminal acetylenes is 1. The van der Waals surface area contributed by atoms with Gasteiger partial charge in [-0.3, -0.25) is 10.1 Å². The van der Waals surface area contributed by atoms with Gasteiger partial charge in [-0.05, 0) is 6.92 Å². The molecular weight excluding hydrogens is 184 g/mol. The summed E-state index contributed by atoms with van der Waals surface area (Å²) < 4.78 is 0. The van der Waals surface area contributed by atoms with Gasteiger partial charge in [0.25, 0.3) is 0 Å². The van der Waals surface area contributed by atoms with Crippen LogP contribution in [0.2, 0.25) is 0 Å². The molecule has 0 unspecified atom stereocenters. The van der Waals surface area contributed by atoms with Gasteiger partial charge in [0.05, 0.1) is 31.8 Å². The molecule has 0 heterocycles. The lowest BCUT2D eigenvalue weighted by atomic mass is 10.1. The number of aliphatic hydroxyl groups excluding tert-OH is 2. The fourth-order valence-electron chi connectivity index (χ4n) is 0.758. The highest BCUT2D eigenvalue weighted by atomic mass is 16.3. The zero-order chi connectivity index (χ0) is 11.0. The lowest BCUT2D eigenvalue weighted by Gasteiger charge is -2.26. The molecule has 80 valence electrons. The first-order valence-electron chi connectivity index (χ1n) is 4.25. The van der Waals surface area contributed by atoms with Crippen molar-refractivity contribution in [3.05, 3.63) is 0 Å². The smallest absolute Gasteiger partial charge is 0.234 e. The van der Waals surface area contributed by atoms with Gasteiger partial charge in [0.15, 0.2) is 0 Å². The molecule has 0 aromatic rings. The fraction of sp³-hybridized carbons (Fsp3) is 0.667. The topological polar surface area (TPSA) is 81.6 Å². The zero-order valence-corrected chi connectivity index (χ0v) is 8.21. The van der Waals surface area contributed by atoms with E-state index in [1.807, 2.05) is 0 Å². The Morgan fingerprint density at radius 2 is 2.07 bits per heavy atom. The van der Waals surface area contributed by atoms with Crippen LogP contribution in [0.25, 0.3) is 0 Å². The number of carbonyl (C=O) groups is 1. The molecule has 0 radical (unpaired) electrons. The highest BCUT2D eigenvalue weighted by Crippen LogP contribution is 1.99. The normalized spacial score (nSPS) is 10.7. The quantitative estimate of drug-likeness (QED) is 0.297. The van der Waals surface area contributed by atoms with E-state index in [4.69, 9.17) is 16.6 Å². The first-order chi connectivity index (χ1) is 6.58. The van der Waals surface area contributed by atoms with Gasteiger partial charge in [-0.2, -0.15) is 0 Å². The molecule has 0 aliphatic rings. The number of hydrogen-bond acceptors (Lipinski definition) is 4. The van der Waals surface area contributed by atoms with Crippen LogP contribution in [0.4, 0.5) is 0 Å². The molecule has 0 spiro atoms. The van der Waals surface area contributed by atoms with Gasteiger partial charge in [-0.25, -0.2) is 0 Å². The van der Waals surface area contributed by atoms with Gasteiger partial charge >= 0.3 is 0 Å². The zero-order valence-electron chi connectivity index (χ0n) is 8.21. The summed E-state index contributed by atoms with van der Waals surface area (Å²) in [4.78, 5) is 11.2. The van der Waals surface area contributed by atoms with E-state index >= 15 is 0 Å². The van der Waals surface area contributed by atoms with E-state index in [1.165, 1.54) is 0 Å². The van der Waals surface area contributed by atoms with Crippen LogP contribution in [0.1, 0.15) is 6.92 Å². The second-order valence-corrected chi connectivity index (χ2v) is 3.23. The Morgan fingerprint density at radius 1 is 1.50 bits per heavy atom. The van der Waals surface area contributed by atoms with Crippen molar-refractivity contribution in [2.24, 2.45) is 0 Å². The number of carbonyl (C=O) groups excluding carboxylic acids is 1. The standard InChI is InChI=1S/C9H16N2O3/c1-3-4-10-5-8(14)11-9(2,6-12)7-13/h1,10,12-13H,4-7H2,2H3,(H,11,14). The Hall–Kier alpha value is -1.09. The summed E-state index contributed by atoms with van der Waals surface area (Å²) in [5, 5.41) is 22.9. The van der Waals surface area contributed by atoms with Crippen molar-refractivity contribution in [2.75, 3.05) is 26.3 Å². The molecule has 0 atom stereocenters. The van der Waals surface area contributed by atoms with Crippen molar-refractivity contribution in [1.82, 2.24) is 10.6 Å². The molecule has 5 heteroatoms. The lowest BCUT2D eigenvalue weighted by molar-refractivity contribution is -0.123. The van der Waals surface area contributed by atoms with Crippen LogP contribution in [0.5, 0.6) is 0 Å². The van der Waals surface area contributed by atoms with Crippen LogP contribution < -0.4 is 10.6 Å². The molecule has 4 N–H and O–H groups in total. The van der Waals surface area contributed by atoms with Crippen molar-refractivity contribution in [3.63, 3.8) is 0 Å². The van der Waals surface area contributed by atoms with Gasteiger partial charge in [0.2, 0.25) is 5.91 Å². The minimum Gasteiger partial charge on any atom is -0.394 e. The molecule has 0 rings (SSSR count). The van der Waals surface area contributed by atoms with Crippen molar-refractivity contribution in [2.45, 2.75) is 12.5 Å². The third-order valence-corrected chi connectivity index (χ3v) is 1.65. The van der Waals surface area contributed by atoms with Crippen molar-refractivity contribution >= 4 is 5.91 Å². The van der Waals surface area contributed by atoms with Gasteiger partial charge in [0.1, 0.15) is 0 Å². The van der Waals surface area contributed by atoms with Gasteiger partial charge < -0.3 is 15.5 Å². The lowest BCUT2D eigenvalue weighted by Crippen LogP contribution is -2.53. The predicted octanol–water partition coefficient (Wildman–Crippen LogP) is -1.93. The summed E-state index contributed by atoms with van der Waals surface area (Å²) in [6.45, 7) is 1.29. The third-order valence-electron chi connectivity index (χ3n) is 1.65. The maximum absolute atomic E-state index is 11.2. The number of aliphatic hydroxyl groups is 2. The van der Waals surface area contributed by atoms with Crippen LogP contribution in [0, 0.1) is 12.3 Å². The Kier molecular flexibility index (Phi) is 5.88. The van der Waals surface area contributed by atoms with Crippen LogP contribution >= 0.6 is 0 Å². The van der Waals surface area contributed by atoms with Crippen LogP contribution in [-0.2, 0) is 4.79 Å². The maximum Gasteiger partial charge on any atom is 0.234 e. The summed E-state index contributed by atoms with van der Waals surface area (Å²) in [6.07, 6.45) is 4.97. The minimum atomic E-state index is -0.977. The average molecular weight is 200 g/mol. The van der Waals surface area contributed by atoms with Crippen LogP contribution in [0.3, 0.4) is 0 Å². The fourth-order valence-corrected chi connectivity index (χ4v) is 0.758. The molecule has 0 aliphatic carbocycles. The summed E-state index contributed by atoms with van der Waals surface area (Å²) in [5.74, 6) is 2.01. The van der Waals surface area contributed by atoms with E-state index in [0.717, 1.165) is 0 Å². The second-order valence-electron chi connectivity index (χ2n) is 3.23. The van der Waals surface area contributed by atoms with Gasteiger partial charge in [-0.1, -0.05) is 5.92 Å². The van der Waals surface area contributed by atoms with Gasteiger partial charge in [0, 0.05) is 0 Å². The average Bonchev–Trinajstić information content (AvgIpc) is 2.18. The summed E-state index contributed by atoms with van der Waals surface area (Å²) in [5.41, 5.74) is -0.977. The highest BCUT2D eigenvalue weighted by Gasteiger charge is 2.23. The molecule has 0 saturated carbocycles. The predicted molar refractivity (Wildman–Crippen MR) is 52.4 cm³/mol. The van der Waals surface area contributed by atoms with Crippen molar-refractivity contribution in [1.29, 1.82) is 0 Å². The number of rotatable bonds is 6. The van der Waals surface area contributed by atoms with Crippen LogP contribution in [-0.4, -0.2) is 48.0 Å². The summed E-state index contributed by atoms with van der Waals surface area (Å²) in [6, 6.07) is 0. The largest absolute Gasteiger partial charge is 0.394 e. The number of nitrogens with one attached hydrogen (secondary N) is 2. The van der Waals surface area contributed by atoms with Crippen molar-refractivity contribution < 1.29 is 15.0 Å². The van der Waals surface area contributed by atoms with E-state index < -0.39 is 5.54 Å². The number of amides is 1. The Balaban J connectivity index is 3.87. The summed E-state index contributed by atoms with van der Waals surface area (Å²) in [7, 11) is 0.